The second kappa shape index (κ2) is 11.0. The molecule has 0 aliphatic heterocycles. The van der Waals surface area contributed by atoms with Gasteiger partial charge >= 0.3 is 43.6 Å². The Hall–Kier alpha value is -1.91. The molecule has 0 aliphatic carbocycles. The van der Waals surface area contributed by atoms with Crippen LogP contribution in [-0.2, 0) is 0 Å². The van der Waals surface area contributed by atoms with Crippen molar-refractivity contribution < 1.29 is 10.2 Å². The van der Waals surface area contributed by atoms with Crippen LogP contribution in [0.5, 0.6) is 11.5 Å². The van der Waals surface area contributed by atoms with Crippen LogP contribution in [0.15, 0.2) is 84.9 Å². The Labute approximate surface area is 189 Å². The van der Waals surface area contributed by atoms with Crippen molar-refractivity contribution in [2.24, 2.45) is 0 Å². The maximum atomic E-state index is 9.43. The van der Waals surface area contributed by atoms with Crippen molar-refractivity contribution in [3.05, 3.63) is 90.6 Å². The van der Waals surface area contributed by atoms with Gasteiger partial charge in [0.15, 0.2) is 0 Å². The van der Waals surface area contributed by atoms with Gasteiger partial charge in [0, 0.05) is 11.1 Å². The van der Waals surface area contributed by atoms with E-state index in [1.54, 1.807) is 18.2 Å². The van der Waals surface area contributed by atoms with E-state index in [2.05, 4.69) is 4.98 Å². The molecule has 5 heteroatoms. The largest absolute Gasteiger partial charge is 3.00 e. The minimum absolute atomic E-state index is 0. The van der Waals surface area contributed by atoms with Gasteiger partial charge in [-0.3, -0.25) is 0 Å². The molecule has 0 saturated carbocycles. The first-order chi connectivity index (χ1) is 12.1. The van der Waals surface area contributed by atoms with Gasteiger partial charge in [-0.25, -0.2) is 4.98 Å². The zero-order chi connectivity index (χ0) is 17.6. The van der Waals surface area contributed by atoms with Gasteiger partial charge in [-0.1, -0.05) is 60.7 Å². The van der Waals surface area contributed by atoms with Gasteiger partial charge in [-0.2, -0.15) is 0 Å². The summed E-state index contributed by atoms with van der Waals surface area (Å²) in [5.74, 6) is 0.552. The Morgan fingerprint density at radius 2 is 1.30 bits per heavy atom. The van der Waals surface area contributed by atoms with Crippen molar-refractivity contribution >= 4 is 54.5 Å². The fourth-order valence-corrected chi connectivity index (χ4v) is 2.51. The van der Waals surface area contributed by atoms with Crippen molar-refractivity contribution in [3.8, 4) is 22.6 Å². The number of phenolic OH excluding ortho intramolecular Hbond substituents is 2. The molecule has 1 aromatic heterocycles. The second-order valence-corrected chi connectivity index (χ2v) is 5.71. The number of rotatable bonds is 1. The molecule has 126 valence electrons. The Morgan fingerprint density at radius 3 is 1.96 bits per heavy atom. The topological polar surface area (TPSA) is 53.4 Å². The predicted molar refractivity (Wildman–Crippen MR) is 113 cm³/mol. The van der Waals surface area contributed by atoms with Crippen molar-refractivity contribution in [2.75, 3.05) is 0 Å². The van der Waals surface area contributed by atoms with E-state index in [0.717, 1.165) is 16.6 Å². The number of aromatic nitrogens is 1. The van der Waals surface area contributed by atoms with Gasteiger partial charge in [0.2, 0.25) is 0 Å². The van der Waals surface area contributed by atoms with E-state index < -0.39 is 0 Å². The number of aryl methyl sites for hydroxylation is 1. The normalized spacial score (nSPS) is 9.37. The van der Waals surface area contributed by atoms with Crippen molar-refractivity contribution in [2.45, 2.75) is 6.92 Å². The van der Waals surface area contributed by atoms with Crippen LogP contribution in [0.2, 0.25) is 0 Å². The summed E-state index contributed by atoms with van der Waals surface area (Å²) in [5.41, 5.74) is 3.89. The summed E-state index contributed by atoms with van der Waals surface area (Å²) in [4.78, 5) is 4.23. The summed E-state index contributed by atoms with van der Waals surface area (Å²) in [7, 11) is 0. The summed E-state index contributed by atoms with van der Waals surface area (Å²) in [5, 5.41) is 19.5. The second-order valence-electron chi connectivity index (χ2n) is 5.71. The number of benzene rings is 3. The Bertz CT molecular complexity index is 976. The molecule has 2 radical (unpaired) electrons. The van der Waals surface area contributed by atoms with Crippen molar-refractivity contribution in [1.82, 2.24) is 4.98 Å². The first-order valence-electron chi connectivity index (χ1n) is 8.03. The van der Waals surface area contributed by atoms with E-state index in [1.807, 2.05) is 73.7 Å². The average Bonchev–Trinajstić information content (AvgIpc) is 2.64. The number of pyridine rings is 1. The van der Waals surface area contributed by atoms with E-state index >= 15 is 0 Å². The zero-order valence-corrected chi connectivity index (χ0v) is 19.6. The van der Waals surface area contributed by atoms with Gasteiger partial charge in [0.05, 0.1) is 0 Å². The number of hydrogen-bond donors (Lipinski definition) is 2. The fourth-order valence-electron chi connectivity index (χ4n) is 2.51. The molecule has 1 heterocycles. The van der Waals surface area contributed by atoms with E-state index in [4.69, 9.17) is 5.11 Å². The van der Waals surface area contributed by atoms with Crippen LogP contribution < -0.4 is 0 Å². The zero-order valence-electron chi connectivity index (χ0n) is 14.9. The molecule has 3 aromatic carbocycles. The number of nitrogens with zero attached hydrogens (tertiary/aromatic N) is 1. The van der Waals surface area contributed by atoms with E-state index in [9.17, 15) is 5.11 Å². The number of para-hydroxylation sites is 1. The van der Waals surface area contributed by atoms with E-state index in [-0.39, 0.29) is 49.3 Å². The SMILES string of the molecule is Cc1ccc2cccc(O)c2n1.Oc1ccc(-c2ccccc2)cc1.[Al+3].[Bi+3]. The van der Waals surface area contributed by atoms with Crippen LogP contribution in [0.4, 0.5) is 0 Å². The molecule has 0 bridgehead atoms. The minimum atomic E-state index is 0. The molecule has 0 fully saturated rings. The van der Waals surface area contributed by atoms with E-state index in [1.165, 1.54) is 5.56 Å². The van der Waals surface area contributed by atoms with Crippen molar-refractivity contribution in [3.63, 3.8) is 0 Å². The summed E-state index contributed by atoms with van der Waals surface area (Å²) in [6, 6.07) is 26.6. The molecular weight excluding hydrogens is 546 g/mol. The smallest absolute Gasteiger partial charge is 0.508 e. The van der Waals surface area contributed by atoms with Crippen LogP contribution in [0.3, 0.4) is 0 Å². The molecule has 4 rings (SSSR count). The average molecular weight is 565 g/mol. The maximum Gasteiger partial charge on any atom is 3.00 e. The van der Waals surface area contributed by atoms with Gasteiger partial charge in [-0.05, 0) is 42.3 Å². The molecule has 0 unspecified atom stereocenters. The van der Waals surface area contributed by atoms with Gasteiger partial charge in [0.25, 0.3) is 0 Å². The third kappa shape index (κ3) is 6.33. The van der Waals surface area contributed by atoms with E-state index in [0.29, 0.717) is 11.3 Å². The third-order valence-electron chi connectivity index (χ3n) is 3.81. The van der Waals surface area contributed by atoms with Crippen LogP contribution in [0.1, 0.15) is 5.69 Å². The quantitative estimate of drug-likeness (QED) is 0.334. The molecule has 0 spiro atoms. The monoisotopic (exact) mass is 565 g/mol. The Balaban J connectivity index is 0.000000252. The number of phenols is 2. The first-order valence-corrected chi connectivity index (χ1v) is 8.03. The van der Waals surface area contributed by atoms with Crippen LogP contribution in [0.25, 0.3) is 22.0 Å². The summed E-state index contributed by atoms with van der Waals surface area (Å²) < 4.78 is 0. The Kier molecular flexibility index (Phi) is 9.46. The molecule has 0 amide bonds. The number of aromatic hydroxyl groups is 2. The molecule has 3 nitrogen and oxygen atoms in total. The predicted octanol–water partition coefficient (Wildman–Crippen LogP) is 4.55. The molecule has 0 atom stereocenters. The maximum absolute atomic E-state index is 9.43. The van der Waals surface area contributed by atoms with Crippen LogP contribution in [-0.4, -0.2) is 58.8 Å². The van der Waals surface area contributed by atoms with Gasteiger partial charge in [-0.15, -0.1) is 0 Å². The minimum Gasteiger partial charge on any atom is -0.508 e. The summed E-state index contributed by atoms with van der Waals surface area (Å²) in [6.07, 6.45) is 0. The van der Waals surface area contributed by atoms with Crippen molar-refractivity contribution in [1.29, 1.82) is 0 Å². The fraction of sp³-hybridized carbons (Fsp3) is 0.0455. The molecule has 0 aliphatic rings. The molecule has 27 heavy (non-hydrogen) atoms. The summed E-state index contributed by atoms with van der Waals surface area (Å²) >= 11 is 0. The number of hydrogen-bond acceptors (Lipinski definition) is 3. The van der Waals surface area contributed by atoms with Crippen LogP contribution >= 0.6 is 0 Å². The Morgan fingerprint density at radius 1 is 0.667 bits per heavy atom. The number of fused-ring (bicyclic) bond motifs is 1. The molecule has 2 N–H and O–H groups in total. The molecule has 0 saturated heterocycles. The standard InChI is InChI=1S/C12H10O.C10H9NO.Al.Bi/c13-12-8-6-11(7-9-12)10-4-2-1-3-5-10;1-7-5-6-8-3-2-4-9(12)10(8)11-7;;/h1-9,13H;2-6,12H,1H3;;/q;;2*+3. The third-order valence-corrected chi connectivity index (χ3v) is 3.81. The molecular formula is C22H19AlBiNO2+6. The van der Waals surface area contributed by atoms with Gasteiger partial charge < -0.3 is 10.2 Å². The molecule has 4 aromatic rings. The first kappa shape index (κ1) is 23.1. The van der Waals surface area contributed by atoms with Gasteiger partial charge in [0.1, 0.15) is 17.0 Å². The summed E-state index contributed by atoms with van der Waals surface area (Å²) in [6.45, 7) is 1.91. The van der Waals surface area contributed by atoms with Crippen LogP contribution in [0, 0.1) is 6.92 Å².